The quantitative estimate of drug-likeness (QED) is 0.707. The molecule has 0 spiro atoms. The van der Waals surface area contributed by atoms with Crippen LogP contribution in [0.5, 0.6) is 0 Å². The molecule has 17 heavy (non-hydrogen) atoms. The number of Topliss-reactive ketones (excluding diaryl/α,β-unsaturated/α-hetero) is 1. The first kappa shape index (κ1) is 12.4. The Bertz CT molecular complexity index is 358. The lowest BCUT2D eigenvalue weighted by Gasteiger charge is -2.58. The number of piperidine rings is 2. The molecular weight excluding hydrogens is 218 g/mol. The topological polar surface area (TPSA) is 57.6 Å². The third-order valence-corrected chi connectivity index (χ3v) is 4.47. The normalized spacial score (nSPS) is 33.7. The van der Waals surface area contributed by atoms with Crippen LogP contribution in [-0.2, 0) is 4.79 Å². The fourth-order valence-corrected chi connectivity index (χ4v) is 3.68. The molecule has 2 fully saturated rings. The first-order chi connectivity index (χ1) is 7.80. The molecule has 2 atom stereocenters. The number of fused-ring (bicyclic) bond motifs is 2. The standard InChI is InChI=1S/C13H21NO3/c1-12(2,3)13-8-4-5-9(6-7-10(13)15)14(13)11(16)17/h9H,4-8H2,1-3H3,(H,16,17)/t9-,13+/m1/s1. The van der Waals surface area contributed by atoms with Crippen LogP contribution < -0.4 is 0 Å². The van der Waals surface area contributed by atoms with Crippen molar-refractivity contribution in [3.8, 4) is 0 Å². The summed E-state index contributed by atoms with van der Waals surface area (Å²) < 4.78 is 0. The number of nitrogens with zero attached hydrogens (tertiary/aromatic N) is 1. The Morgan fingerprint density at radius 2 is 2.06 bits per heavy atom. The Labute approximate surface area is 102 Å². The van der Waals surface area contributed by atoms with E-state index in [1.807, 2.05) is 20.8 Å². The molecule has 0 saturated carbocycles. The highest BCUT2D eigenvalue weighted by molar-refractivity contribution is 5.93. The van der Waals surface area contributed by atoms with Gasteiger partial charge in [0.2, 0.25) is 0 Å². The van der Waals surface area contributed by atoms with Gasteiger partial charge in [0.05, 0.1) is 0 Å². The summed E-state index contributed by atoms with van der Waals surface area (Å²) in [6.45, 7) is 5.94. The first-order valence-corrected chi connectivity index (χ1v) is 6.36. The molecule has 2 aliphatic heterocycles. The van der Waals surface area contributed by atoms with Gasteiger partial charge in [-0.05, 0) is 31.1 Å². The summed E-state index contributed by atoms with van der Waals surface area (Å²) >= 11 is 0. The van der Waals surface area contributed by atoms with Crippen molar-refractivity contribution in [1.29, 1.82) is 0 Å². The lowest BCUT2D eigenvalue weighted by atomic mass is 9.61. The fourth-order valence-electron chi connectivity index (χ4n) is 3.68. The molecule has 0 aromatic rings. The molecule has 4 nitrogen and oxygen atoms in total. The minimum Gasteiger partial charge on any atom is -0.465 e. The van der Waals surface area contributed by atoms with Crippen LogP contribution in [0.4, 0.5) is 4.79 Å². The number of ketones is 1. The second-order valence-corrected chi connectivity index (χ2v) is 6.27. The smallest absolute Gasteiger partial charge is 0.408 e. The largest absolute Gasteiger partial charge is 0.465 e. The zero-order valence-corrected chi connectivity index (χ0v) is 10.8. The average molecular weight is 239 g/mol. The summed E-state index contributed by atoms with van der Waals surface area (Å²) in [5.74, 6) is 0.114. The van der Waals surface area contributed by atoms with Crippen molar-refractivity contribution in [3.05, 3.63) is 0 Å². The maximum absolute atomic E-state index is 12.4. The van der Waals surface area contributed by atoms with Crippen molar-refractivity contribution in [1.82, 2.24) is 4.90 Å². The molecule has 2 heterocycles. The van der Waals surface area contributed by atoms with E-state index in [4.69, 9.17) is 0 Å². The van der Waals surface area contributed by atoms with Gasteiger partial charge in [-0.2, -0.15) is 0 Å². The molecule has 1 amide bonds. The summed E-state index contributed by atoms with van der Waals surface area (Å²) in [5, 5.41) is 9.46. The van der Waals surface area contributed by atoms with Gasteiger partial charge in [0.25, 0.3) is 0 Å². The van der Waals surface area contributed by atoms with Crippen molar-refractivity contribution < 1.29 is 14.7 Å². The summed E-state index contributed by atoms with van der Waals surface area (Å²) in [6.07, 6.45) is 2.83. The van der Waals surface area contributed by atoms with Crippen LogP contribution >= 0.6 is 0 Å². The Morgan fingerprint density at radius 3 is 2.53 bits per heavy atom. The van der Waals surface area contributed by atoms with Gasteiger partial charge < -0.3 is 5.11 Å². The maximum atomic E-state index is 12.4. The van der Waals surface area contributed by atoms with E-state index >= 15 is 0 Å². The number of carbonyl (C=O) groups is 2. The molecule has 4 heteroatoms. The third kappa shape index (κ3) is 1.57. The zero-order valence-electron chi connectivity index (χ0n) is 10.8. The van der Waals surface area contributed by atoms with Crippen molar-refractivity contribution in [2.24, 2.45) is 5.41 Å². The lowest BCUT2D eigenvalue weighted by molar-refractivity contribution is -0.151. The molecule has 0 aliphatic carbocycles. The van der Waals surface area contributed by atoms with Gasteiger partial charge in [0.1, 0.15) is 5.54 Å². The van der Waals surface area contributed by atoms with Crippen LogP contribution in [-0.4, -0.2) is 33.5 Å². The van der Waals surface area contributed by atoms with Gasteiger partial charge in [-0.3, -0.25) is 9.69 Å². The summed E-state index contributed by atoms with van der Waals surface area (Å²) in [4.78, 5) is 25.4. The molecule has 0 aromatic carbocycles. The van der Waals surface area contributed by atoms with Crippen LogP contribution in [0.1, 0.15) is 52.9 Å². The summed E-state index contributed by atoms with van der Waals surface area (Å²) in [7, 11) is 0. The minimum absolute atomic E-state index is 0.0400. The van der Waals surface area contributed by atoms with E-state index in [-0.39, 0.29) is 17.2 Å². The number of hydrogen-bond acceptors (Lipinski definition) is 2. The molecule has 2 aliphatic rings. The highest BCUT2D eigenvalue weighted by Crippen LogP contribution is 2.49. The molecule has 2 bridgehead atoms. The number of carbonyl (C=O) groups excluding carboxylic acids is 1. The van der Waals surface area contributed by atoms with Gasteiger partial charge in [-0.1, -0.05) is 20.8 Å². The lowest BCUT2D eigenvalue weighted by Crippen LogP contribution is -2.70. The Hall–Kier alpha value is -1.06. The second kappa shape index (κ2) is 3.72. The van der Waals surface area contributed by atoms with Gasteiger partial charge in [-0.15, -0.1) is 0 Å². The van der Waals surface area contributed by atoms with Crippen LogP contribution in [0.25, 0.3) is 0 Å². The summed E-state index contributed by atoms with van der Waals surface area (Å²) in [5.41, 5.74) is -1.12. The highest BCUT2D eigenvalue weighted by Gasteiger charge is 2.59. The van der Waals surface area contributed by atoms with Crippen LogP contribution in [0.15, 0.2) is 0 Å². The number of rotatable bonds is 0. The number of amides is 1. The van der Waals surface area contributed by atoms with E-state index in [9.17, 15) is 14.7 Å². The van der Waals surface area contributed by atoms with Gasteiger partial charge in [-0.25, -0.2) is 4.79 Å². The van der Waals surface area contributed by atoms with Gasteiger partial charge >= 0.3 is 6.09 Å². The van der Waals surface area contributed by atoms with Gasteiger partial charge in [0, 0.05) is 12.5 Å². The Morgan fingerprint density at radius 1 is 1.41 bits per heavy atom. The van der Waals surface area contributed by atoms with Crippen LogP contribution in [0.2, 0.25) is 0 Å². The van der Waals surface area contributed by atoms with Gasteiger partial charge in [0.15, 0.2) is 5.78 Å². The van der Waals surface area contributed by atoms with Crippen molar-refractivity contribution >= 4 is 11.9 Å². The van der Waals surface area contributed by atoms with Crippen LogP contribution in [0.3, 0.4) is 0 Å². The van der Waals surface area contributed by atoms with Crippen LogP contribution in [0, 0.1) is 5.41 Å². The Kier molecular flexibility index (Phi) is 2.71. The first-order valence-electron chi connectivity index (χ1n) is 6.36. The van der Waals surface area contributed by atoms with E-state index in [0.717, 1.165) is 12.8 Å². The fraction of sp³-hybridized carbons (Fsp3) is 0.846. The molecule has 0 aromatic heterocycles. The van der Waals surface area contributed by atoms with Crippen molar-refractivity contribution in [2.75, 3.05) is 0 Å². The number of carboxylic acid groups (broad SMARTS) is 1. The second-order valence-electron chi connectivity index (χ2n) is 6.27. The molecule has 96 valence electrons. The third-order valence-electron chi connectivity index (χ3n) is 4.47. The molecule has 2 rings (SSSR count). The van der Waals surface area contributed by atoms with Crippen molar-refractivity contribution in [3.63, 3.8) is 0 Å². The molecule has 2 saturated heterocycles. The van der Waals surface area contributed by atoms with E-state index in [2.05, 4.69) is 0 Å². The predicted octanol–water partition coefficient (Wildman–Crippen LogP) is 2.67. The maximum Gasteiger partial charge on any atom is 0.408 e. The molecule has 1 N–H and O–H groups in total. The van der Waals surface area contributed by atoms with Crippen molar-refractivity contribution in [2.45, 2.75) is 64.5 Å². The number of hydrogen-bond donors (Lipinski definition) is 1. The predicted molar refractivity (Wildman–Crippen MR) is 63.9 cm³/mol. The van der Waals surface area contributed by atoms with E-state index < -0.39 is 11.6 Å². The monoisotopic (exact) mass is 239 g/mol. The highest BCUT2D eigenvalue weighted by atomic mass is 16.4. The molecule has 0 radical (unpaired) electrons. The van der Waals surface area contributed by atoms with E-state index in [1.165, 1.54) is 4.90 Å². The van der Waals surface area contributed by atoms with E-state index in [1.54, 1.807) is 0 Å². The van der Waals surface area contributed by atoms with E-state index in [0.29, 0.717) is 19.3 Å². The minimum atomic E-state index is -0.933. The molecular formula is C13H21NO3. The zero-order chi connectivity index (χ0) is 12.8. The molecule has 0 unspecified atom stereocenters. The Balaban J connectivity index is 2.53. The SMILES string of the molecule is CC(C)(C)[C@]12CCC[C@H](CCC1=O)N2C(=O)O. The summed E-state index contributed by atoms with van der Waals surface area (Å²) in [6, 6.07) is 0.0400. The average Bonchev–Trinajstić information content (AvgIpc) is 2.21.